The molecule has 0 radical (unpaired) electrons. The van der Waals surface area contributed by atoms with Gasteiger partial charge in [-0.05, 0) is 38.7 Å². The first-order chi connectivity index (χ1) is 7.75. The number of aryl methyl sites for hydroxylation is 1. The number of rotatable bonds is 2. The van der Waals surface area contributed by atoms with Crippen LogP contribution in [0, 0.1) is 6.92 Å². The Labute approximate surface area is 94.3 Å². The zero-order valence-electron chi connectivity index (χ0n) is 9.42. The maximum atomic E-state index is 11.6. The molecule has 0 bridgehead atoms. The van der Waals surface area contributed by atoms with Crippen molar-refractivity contribution in [1.82, 2.24) is 15.6 Å². The Morgan fingerprint density at radius 1 is 1.44 bits per heavy atom. The van der Waals surface area contributed by atoms with Gasteiger partial charge < -0.3 is 0 Å². The molecule has 16 heavy (non-hydrogen) atoms. The molecule has 2 N–H and O–H groups in total. The predicted octanol–water partition coefficient (Wildman–Crippen LogP) is 1.77. The number of hydrogen-bond donors (Lipinski definition) is 2. The minimum atomic E-state index is -0.248. The van der Waals surface area contributed by atoms with Crippen LogP contribution in [0.25, 0.3) is 0 Å². The molecule has 1 heterocycles. The lowest BCUT2D eigenvalue weighted by molar-refractivity contribution is 0.0949. The number of nitrogens with zero attached hydrogens (tertiary/aromatic N) is 2. The van der Waals surface area contributed by atoms with Crippen molar-refractivity contribution in [2.45, 2.75) is 39.0 Å². The van der Waals surface area contributed by atoms with Gasteiger partial charge in [-0.3, -0.25) is 9.89 Å². The van der Waals surface area contributed by atoms with Gasteiger partial charge in [0.25, 0.3) is 5.91 Å². The van der Waals surface area contributed by atoms with Gasteiger partial charge in [0, 0.05) is 11.4 Å². The quantitative estimate of drug-likeness (QED) is 0.746. The summed E-state index contributed by atoms with van der Waals surface area (Å²) in [6, 6.07) is 1.70. The van der Waals surface area contributed by atoms with Gasteiger partial charge in [0.1, 0.15) is 0 Å². The summed E-state index contributed by atoms with van der Waals surface area (Å²) in [6.07, 6.45) is 5.62. The average molecular weight is 220 g/mol. The van der Waals surface area contributed by atoms with Crippen LogP contribution in [0.15, 0.2) is 11.2 Å². The molecular formula is C11H16N4O. The maximum absolute atomic E-state index is 11.6. The van der Waals surface area contributed by atoms with Crippen molar-refractivity contribution in [3.05, 3.63) is 17.5 Å². The summed E-state index contributed by atoms with van der Waals surface area (Å²) >= 11 is 0. The van der Waals surface area contributed by atoms with E-state index in [0.29, 0.717) is 5.69 Å². The van der Waals surface area contributed by atoms with Gasteiger partial charge in [-0.2, -0.15) is 10.2 Å². The average Bonchev–Trinajstić information content (AvgIpc) is 2.74. The molecule has 0 aromatic carbocycles. The number of hydrogen-bond acceptors (Lipinski definition) is 3. The monoisotopic (exact) mass is 220 g/mol. The first-order valence-corrected chi connectivity index (χ1v) is 5.63. The van der Waals surface area contributed by atoms with Crippen molar-refractivity contribution in [3.63, 3.8) is 0 Å². The summed E-state index contributed by atoms with van der Waals surface area (Å²) in [7, 11) is 0. The molecule has 0 aliphatic heterocycles. The number of nitrogens with one attached hydrogen (secondary N) is 2. The Kier molecular flexibility index (Phi) is 3.34. The second-order valence-corrected chi connectivity index (χ2v) is 4.12. The van der Waals surface area contributed by atoms with E-state index >= 15 is 0 Å². The van der Waals surface area contributed by atoms with Gasteiger partial charge in [0.05, 0.1) is 0 Å². The summed E-state index contributed by atoms with van der Waals surface area (Å²) in [4.78, 5) is 11.6. The zero-order chi connectivity index (χ0) is 11.4. The van der Waals surface area contributed by atoms with Crippen LogP contribution in [-0.2, 0) is 0 Å². The summed E-state index contributed by atoms with van der Waals surface area (Å²) in [5, 5.41) is 10.7. The topological polar surface area (TPSA) is 70.1 Å². The number of H-pyrrole nitrogens is 1. The molecule has 1 amide bonds. The molecule has 1 aromatic heterocycles. The minimum absolute atomic E-state index is 0.248. The molecule has 0 unspecified atom stereocenters. The molecule has 1 aliphatic carbocycles. The number of carbonyl (C=O) groups excluding carboxylic acids is 1. The fraction of sp³-hybridized carbons (Fsp3) is 0.545. The lowest BCUT2D eigenvalue weighted by Crippen LogP contribution is -2.21. The van der Waals surface area contributed by atoms with E-state index in [2.05, 4.69) is 20.7 Å². The largest absolute Gasteiger partial charge is 0.291 e. The number of aromatic amines is 1. The first kappa shape index (κ1) is 10.9. The fourth-order valence-electron chi connectivity index (χ4n) is 1.79. The third-order valence-electron chi connectivity index (χ3n) is 2.68. The van der Waals surface area contributed by atoms with E-state index in [1.165, 1.54) is 19.3 Å². The van der Waals surface area contributed by atoms with E-state index in [1.54, 1.807) is 6.07 Å². The first-order valence-electron chi connectivity index (χ1n) is 5.63. The van der Waals surface area contributed by atoms with Crippen LogP contribution in [0.3, 0.4) is 0 Å². The van der Waals surface area contributed by atoms with Gasteiger partial charge in [0.2, 0.25) is 0 Å². The maximum Gasteiger partial charge on any atom is 0.291 e. The van der Waals surface area contributed by atoms with Crippen LogP contribution >= 0.6 is 0 Å². The summed E-state index contributed by atoms with van der Waals surface area (Å²) in [5.41, 5.74) is 4.90. The van der Waals surface area contributed by atoms with Gasteiger partial charge in [-0.1, -0.05) is 6.42 Å². The minimum Gasteiger partial charge on any atom is -0.282 e. The Morgan fingerprint density at radius 3 is 2.81 bits per heavy atom. The molecule has 1 aliphatic rings. The predicted molar refractivity (Wildman–Crippen MR) is 61.3 cm³/mol. The summed E-state index contributed by atoms with van der Waals surface area (Å²) in [6.45, 7) is 1.86. The number of hydrazone groups is 1. The fourth-order valence-corrected chi connectivity index (χ4v) is 1.79. The molecule has 86 valence electrons. The van der Waals surface area contributed by atoms with Gasteiger partial charge in [-0.15, -0.1) is 0 Å². The Hall–Kier alpha value is -1.65. The highest BCUT2D eigenvalue weighted by molar-refractivity contribution is 5.94. The standard InChI is InChI=1S/C11H16N4O/c1-8-7-10(14-12-8)11(16)15-13-9-5-3-2-4-6-9/h7H,2-6H2,1H3,(H,12,14)(H,15,16). The lowest BCUT2D eigenvalue weighted by atomic mass is 9.99. The van der Waals surface area contributed by atoms with E-state index in [1.807, 2.05) is 6.92 Å². The molecule has 0 saturated heterocycles. The van der Waals surface area contributed by atoms with Crippen LogP contribution in [0.1, 0.15) is 48.3 Å². The molecule has 1 aromatic rings. The van der Waals surface area contributed by atoms with Crippen molar-refractivity contribution in [2.24, 2.45) is 5.10 Å². The Balaban J connectivity index is 1.92. The molecule has 5 nitrogen and oxygen atoms in total. The molecule has 0 atom stereocenters. The highest BCUT2D eigenvalue weighted by Crippen LogP contribution is 2.14. The van der Waals surface area contributed by atoms with E-state index in [4.69, 9.17) is 0 Å². The van der Waals surface area contributed by atoms with Crippen molar-refractivity contribution in [3.8, 4) is 0 Å². The molecule has 5 heteroatoms. The Bertz CT molecular complexity index is 400. The molecule has 0 spiro atoms. The van der Waals surface area contributed by atoms with Crippen molar-refractivity contribution in [2.75, 3.05) is 0 Å². The number of carbonyl (C=O) groups is 1. The smallest absolute Gasteiger partial charge is 0.282 e. The van der Waals surface area contributed by atoms with Crippen LogP contribution in [0.5, 0.6) is 0 Å². The van der Waals surface area contributed by atoms with Crippen LogP contribution in [-0.4, -0.2) is 21.8 Å². The SMILES string of the molecule is Cc1cc(C(=O)NN=C2CCCCC2)n[nH]1. The van der Waals surface area contributed by atoms with Crippen LogP contribution in [0.2, 0.25) is 0 Å². The van der Waals surface area contributed by atoms with Crippen molar-refractivity contribution >= 4 is 11.6 Å². The number of amides is 1. The third kappa shape index (κ3) is 2.68. The number of aromatic nitrogens is 2. The third-order valence-corrected chi connectivity index (χ3v) is 2.68. The normalized spacial score (nSPS) is 15.9. The van der Waals surface area contributed by atoms with Gasteiger partial charge >= 0.3 is 0 Å². The van der Waals surface area contributed by atoms with Crippen molar-refractivity contribution < 1.29 is 4.79 Å². The Morgan fingerprint density at radius 2 is 2.19 bits per heavy atom. The van der Waals surface area contributed by atoms with E-state index in [9.17, 15) is 4.79 Å². The summed E-state index contributed by atoms with van der Waals surface area (Å²) < 4.78 is 0. The zero-order valence-corrected chi connectivity index (χ0v) is 9.42. The highest BCUT2D eigenvalue weighted by atomic mass is 16.2. The van der Waals surface area contributed by atoms with Gasteiger partial charge in [0.15, 0.2) is 5.69 Å². The van der Waals surface area contributed by atoms with Crippen molar-refractivity contribution in [1.29, 1.82) is 0 Å². The lowest BCUT2D eigenvalue weighted by Gasteiger charge is -2.11. The molecule has 1 saturated carbocycles. The van der Waals surface area contributed by atoms with Crippen LogP contribution < -0.4 is 5.43 Å². The van der Waals surface area contributed by atoms with E-state index < -0.39 is 0 Å². The molecular weight excluding hydrogens is 204 g/mol. The summed E-state index contributed by atoms with van der Waals surface area (Å²) in [5.74, 6) is -0.248. The van der Waals surface area contributed by atoms with Crippen LogP contribution in [0.4, 0.5) is 0 Å². The second-order valence-electron chi connectivity index (χ2n) is 4.12. The molecule has 2 rings (SSSR count). The van der Waals surface area contributed by atoms with E-state index in [0.717, 1.165) is 24.2 Å². The highest BCUT2D eigenvalue weighted by Gasteiger charge is 2.10. The second kappa shape index (κ2) is 4.92. The van der Waals surface area contributed by atoms with E-state index in [-0.39, 0.29) is 5.91 Å². The van der Waals surface area contributed by atoms with Gasteiger partial charge in [-0.25, -0.2) is 5.43 Å². The molecule has 1 fully saturated rings.